The molecule has 1 N–H and O–H groups in total. The number of furan rings is 1. The lowest BCUT2D eigenvalue weighted by molar-refractivity contribution is -0.121. The minimum atomic E-state index is -1.41. The quantitative estimate of drug-likeness (QED) is 0.371. The van der Waals surface area contributed by atoms with Crippen LogP contribution in [0.25, 0.3) is 21.9 Å². The minimum Gasteiger partial charge on any atom is -0.456 e. The lowest BCUT2D eigenvalue weighted by Crippen LogP contribution is -2.62. The van der Waals surface area contributed by atoms with Gasteiger partial charge in [0.15, 0.2) is 0 Å². The molecule has 2 amide bonds. The number of nitrogens with zero attached hydrogens (tertiary/aromatic N) is 2. The zero-order valence-corrected chi connectivity index (χ0v) is 18.3. The number of benzene rings is 4. The molecule has 3 heterocycles. The molecule has 2 aliphatic heterocycles. The summed E-state index contributed by atoms with van der Waals surface area (Å²) in [6.07, 6.45) is 0. The van der Waals surface area contributed by atoms with E-state index in [4.69, 9.17) is 4.42 Å². The maximum atomic E-state index is 14.0. The summed E-state index contributed by atoms with van der Waals surface area (Å²) in [6, 6.07) is 28.4. The van der Waals surface area contributed by atoms with Crippen LogP contribution in [0, 0.1) is 0 Å². The van der Waals surface area contributed by atoms with Gasteiger partial charge in [0.2, 0.25) is 5.66 Å². The van der Waals surface area contributed by atoms with Gasteiger partial charge in [-0.25, -0.2) is 0 Å². The number of anilines is 3. The maximum Gasteiger partial charge on any atom is 0.278 e. The summed E-state index contributed by atoms with van der Waals surface area (Å²) < 4.78 is 6.10. The lowest BCUT2D eigenvalue weighted by Gasteiger charge is -2.44. The van der Waals surface area contributed by atoms with Crippen LogP contribution >= 0.6 is 0 Å². The molecule has 0 bridgehead atoms. The van der Waals surface area contributed by atoms with Crippen molar-refractivity contribution in [1.82, 2.24) is 0 Å². The van der Waals surface area contributed by atoms with Gasteiger partial charge in [0.25, 0.3) is 11.8 Å². The fourth-order valence-electron chi connectivity index (χ4n) is 5.34. The molecule has 1 aromatic heterocycles. The van der Waals surface area contributed by atoms with Gasteiger partial charge in [-0.05, 0) is 36.4 Å². The highest BCUT2D eigenvalue weighted by Crippen LogP contribution is 2.49. The third-order valence-electron chi connectivity index (χ3n) is 6.90. The Bertz CT molecular complexity index is 1670. The van der Waals surface area contributed by atoms with Crippen LogP contribution < -0.4 is 15.1 Å². The zero-order valence-electron chi connectivity index (χ0n) is 18.3. The second-order valence-corrected chi connectivity index (χ2v) is 8.68. The summed E-state index contributed by atoms with van der Waals surface area (Å²) in [5, 5.41) is 5.41. The van der Waals surface area contributed by atoms with Crippen LogP contribution in [0.5, 0.6) is 0 Å². The number of carbonyl (C=O) groups is 2. The summed E-state index contributed by atoms with van der Waals surface area (Å²) in [7, 11) is 1.74. The van der Waals surface area contributed by atoms with Gasteiger partial charge >= 0.3 is 0 Å². The predicted octanol–water partition coefficient (Wildman–Crippen LogP) is 5.49. The van der Waals surface area contributed by atoms with Gasteiger partial charge in [0, 0.05) is 35.1 Å². The normalized spacial score (nSPS) is 19.1. The van der Waals surface area contributed by atoms with Gasteiger partial charge in [0.05, 0.1) is 16.9 Å². The molecule has 4 aromatic carbocycles. The van der Waals surface area contributed by atoms with Crippen molar-refractivity contribution in [2.24, 2.45) is 0 Å². The molecule has 0 saturated carbocycles. The molecule has 0 unspecified atom stereocenters. The molecular formula is C28H19N3O3. The lowest BCUT2D eigenvalue weighted by atomic mass is 9.92. The molecule has 0 aliphatic carbocycles. The van der Waals surface area contributed by atoms with Crippen LogP contribution in [-0.4, -0.2) is 18.9 Å². The van der Waals surface area contributed by atoms with E-state index < -0.39 is 5.66 Å². The number of carbonyl (C=O) groups excluding carboxylic acids is 2. The number of fused-ring (bicyclic) bond motifs is 6. The Morgan fingerprint density at radius 1 is 0.794 bits per heavy atom. The van der Waals surface area contributed by atoms with Crippen LogP contribution in [0.1, 0.15) is 15.9 Å². The summed E-state index contributed by atoms with van der Waals surface area (Å²) in [4.78, 5) is 31.1. The molecule has 7 rings (SSSR count). The van der Waals surface area contributed by atoms with Crippen LogP contribution in [-0.2, 0) is 10.5 Å². The van der Waals surface area contributed by atoms with Gasteiger partial charge in [0.1, 0.15) is 11.2 Å². The first-order valence-corrected chi connectivity index (χ1v) is 11.1. The van der Waals surface area contributed by atoms with E-state index in [0.29, 0.717) is 22.5 Å². The first kappa shape index (κ1) is 18.9. The van der Waals surface area contributed by atoms with E-state index in [1.54, 1.807) is 22.9 Å². The summed E-state index contributed by atoms with van der Waals surface area (Å²) >= 11 is 0. The van der Waals surface area contributed by atoms with Gasteiger partial charge in [-0.3, -0.25) is 14.5 Å². The van der Waals surface area contributed by atoms with Gasteiger partial charge < -0.3 is 14.6 Å². The molecule has 1 atom stereocenters. The van der Waals surface area contributed by atoms with E-state index in [9.17, 15) is 9.59 Å². The van der Waals surface area contributed by atoms with Crippen LogP contribution in [0.4, 0.5) is 17.1 Å². The Hall–Kier alpha value is -4.58. The van der Waals surface area contributed by atoms with E-state index in [0.717, 1.165) is 27.6 Å². The molecule has 0 saturated heterocycles. The molecule has 5 aromatic rings. The largest absolute Gasteiger partial charge is 0.456 e. The van der Waals surface area contributed by atoms with Crippen molar-refractivity contribution >= 4 is 50.8 Å². The fourth-order valence-corrected chi connectivity index (χ4v) is 5.34. The maximum absolute atomic E-state index is 14.0. The molecule has 34 heavy (non-hydrogen) atoms. The Balaban J connectivity index is 1.52. The second-order valence-electron chi connectivity index (χ2n) is 8.68. The molecular weight excluding hydrogens is 426 g/mol. The van der Waals surface area contributed by atoms with Gasteiger partial charge in [-0.2, -0.15) is 0 Å². The Kier molecular flexibility index (Phi) is 3.61. The van der Waals surface area contributed by atoms with E-state index in [1.165, 1.54) is 0 Å². The SMILES string of the molecule is CN1C(=O)[C@]2(Nc3ccccc3C(=O)N2c2ccc3c(c2)oc2ccccc23)c2ccccc21. The summed E-state index contributed by atoms with van der Waals surface area (Å²) in [5.41, 5.74) is 3.25. The van der Waals surface area contributed by atoms with Crippen molar-refractivity contribution in [2.75, 3.05) is 22.2 Å². The highest BCUT2D eigenvalue weighted by Gasteiger charge is 2.59. The molecule has 6 nitrogen and oxygen atoms in total. The van der Waals surface area contributed by atoms with Crippen molar-refractivity contribution in [3.63, 3.8) is 0 Å². The standard InChI is InChI=1S/C28H19N3O3/c1-30-23-12-6-4-10-21(23)28(27(30)33)29-22-11-5-2-9-20(22)26(32)31(28)17-14-15-19-18-8-3-7-13-24(18)34-25(19)16-17/h2-16,29H,1H3/t28-/m0/s1. The van der Waals surface area contributed by atoms with Crippen LogP contribution in [0.2, 0.25) is 0 Å². The summed E-state index contributed by atoms with van der Waals surface area (Å²) in [6.45, 7) is 0. The highest BCUT2D eigenvalue weighted by molar-refractivity contribution is 6.23. The van der Waals surface area contributed by atoms with Crippen molar-refractivity contribution in [1.29, 1.82) is 0 Å². The average Bonchev–Trinajstić information content (AvgIpc) is 3.34. The molecule has 0 radical (unpaired) electrons. The number of para-hydroxylation sites is 3. The summed E-state index contributed by atoms with van der Waals surface area (Å²) in [5.74, 6) is -0.468. The van der Waals surface area contributed by atoms with Crippen molar-refractivity contribution in [2.45, 2.75) is 5.66 Å². The molecule has 1 spiro atoms. The number of hydrogen-bond donors (Lipinski definition) is 1. The van der Waals surface area contributed by atoms with E-state index in [1.807, 2.05) is 84.9 Å². The first-order valence-electron chi connectivity index (χ1n) is 11.1. The Labute approximate surface area is 195 Å². The highest BCUT2D eigenvalue weighted by atomic mass is 16.3. The van der Waals surface area contributed by atoms with E-state index in [2.05, 4.69) is 5.32 Å². The molecule has 2 aliphatic rings. The molecule has 0 fully saturated rings. The third-order valence-corrected chi connectivity index (χ3v) is 6.90. The average molecular weight is 445 g/mol. The fraction of sp³-hybridized carbons (Fsp3) is 0.0714. The predicted molar refractivity (Wildman–Crippen MR) is 132 cm³/mol. The number of amides is 2. The van der Waals surface area contributed by atoms with E-state index in [-0.39, 0.29) is 11.8 Å². The molecule has 164 valence electrons. The first-order chi connectivity index (χ1) is 16.6. The number of nitrogens with one attached hydrogen (secondary N) is 1. The third kappa shape index (κ3) is 2.24. The topological polar surface area (TPSA) is 65.8 Å². The molecule has 6 heteroatoms. The second kappa shape index (κ2) is 6.48. The minimum absolute atomic E-state index is 0.221. The van der Waals surface area contributed by atoms with Gasteiger partial charge in [-0.15, -0.1) is 0 Å². The smallest absolute Gasteiger partial charge is 0.278 e. The van der Waals surface area contributed by atoms with E-state index >= 15 is 0 Å². The number of hydrogen-bond acceptors (Lipinski definition) is 4. The Morgan fingerprint density at radius 3 is 2.44 bits per heavy atom. The van der Waals surface area contributed by atoms with Crippen LogP contribution in [0.3, 0.4) is 0 Å². The van der Waals surface area contributed by atoms with Crippen molar-refractivity contribution in [3.05, 3.63) is 102 Å². The number of likely N-dealkylation sites (N-methyl/N-ethyl adjacent to an activating group) is 1. The van der Waals surface area contributed by atoms with Gasteiger partial charge in [-0.1, -0.05) is 48.5 Å². The van der Waals surface area contributed by atoms with Crippen molar-refractivity contribution < 1.29 is 14.0 Å². The monoisotopic (exact) mass is 445 g/mol. The number of rotatable bonds is 1. The van der Waals surface area contributed by atoms with Crippen LogP contribution in [0.15, 0.2) is 95.4 Å². The van der Waals surface area contributed by atoms with Crippen molar-refractivity contribution in [3.8, 4) is 0 Å². The zero-order chi connectivity index (χ0) is 23.0. The Morgan fingerprint density at radius 2 is 1.53 bits per heavy atom.